The van der Waals surface area contributed by atoms with E-state index in [1.807, 2.05) is 12.1 Å². The Balaban J connectivity index is 1.76. The van der Waals surface area contributed by atoms with Gasteiger partial charge in [0.25, 0.3) is 0 Å². The smallest absolute Gasteiger partial charge is 0.307 e. The van der Waals surface area contributed by atoms with Crippen LogP contribution in [0.1, 0.15) is 35.4 Å². The average molecular weight is 442 g/mol. The molecule has 5 nitrogen and oxygen atoms in total. The second-order valence-corrected chi connectivity index (χ2v) is 9.76. The summed E-state index contributed by atoms with van der Waals surface area (Å²) in [6.07, 6.45) is 1.17. The molecule has 1 saturated heterocycles. The fourth-order valence-electron chi connectivity index (χ4n) is 3.51. The number of hydrogen-bond donors (Lipinski definition) is 1. The molecule has 0 amide bonds. The number of rotatable bonds is 5. The van der Waals surface area contributed by atoms with Crippen LogP contribution in [0.4, 0.5) is 0 Å². The highest BCUT2D eigenvalue weighted by molar-refractivity contribution is 7.89. The van der Waals surface area contributed by atoms with Crippen LogP contribution in [-0.4, -0.2) is 36.9 Å². The number of piperidine rings is 1. The minimum absolute atomic E-state index is 0.141. The van der Waals surface area contributed by atoms with E-state index >= 15 is 0 Å². The lowest BCUT2D eigenvalue weighted by Crippen LogP contribution is -2.38. The van der Waals surface area contributed by atoms with Gasteiger partial charge < -0.3 is 5.11 Å². The Morgan fingerprint density at radius 3 is 2.39 bits per heavy atom. The maximum atomic E-state index is 13.0. The first-order valence-electron chi connectivity index (χ1n) is 8.95. The van der Waals surface area contributed by atoms with Gasteiger partial charge in [-0.3, -0.25) is 4.79 Å². The lowest BCUT2D eigenvalue weighted by atomic mass is 9.90. The van der Waals surface area contributed by atoms with E-state index in [9.17, 15) is 13.2 Å². The van der Waals surface area contributed by atoms with Crippen molar-refractivity contribution in [2.75, 3.05) is 13.1 Å². The molecule has 2 aromatic carbocycles. The predicted molar refractivity (Wildman–Crippen MR) is 110 cm³/mol. The van der Waals surface area contributed by atoms with E-state index in [1.165, 1.54) is 10.4 Å². The molecule has 0 unspecified atom stereocenters. The summed E-state index contributed by atoms with van der Waals surface area (Å²) in [7, 11) is -3.66. The van der Waals surface area contributed by atoms with E-state index in [-0.39, 0.29) is 17.2 Å². The topological polar surface area (TPSA) is 74.7 Å². The zero-order valence-corrected chi connectivity index (χ0v) is 17.7. The van der Waals surface area contributed by atoms with Gasteiger partial charge in [0.15, 0.2) is 0 Å². The van der Waals surface area contributed by atoms with E-state index in [4.69, 9.17) is 28.3 Å². The van der Waals surface area contributed by atoms with Gasteiger partial charge in [-0.2, -0.15) is 4.31 Å². The largest absolute Gasteiger partial charge is 0.481 e. The molecule has 0 saturated carbocycles. The molecule has 1 N–H and O–H groups in total. The van der Waals surface area contributed by atoms with Crippen LogP contribution in [0.25, 0.3) is 0 Å². The number of benzene rings is 2. The molecule has 1 aliphatic heterocycles. The summed E-state index contributed by atoms with van der Waals surface area (Å²) in [5.41, 5.74) is 2.34. The van der Waals surface area contributed by atoms with E-state index in [1.54, 1.807) is 25.1 Å². The number of carboxylic acid groups (broad SMARTS) is 1. The monoisotopic (exact) mass is 441 g/mol. The van der Waals surface area contributed by atoms with Crippen molar-refractivity contribution in [2.45, 2.75) is 37.0 Å². The molecule has 1 heterocycles. The maximum Gasteiger partial charge on any atom is 0.307 e. The van der Waals surface area contributed by atoms with Crippen LogP contribution >= 0.6 is 23.2 Å². The summed E-state index contributed by atoms with van der Waals surface area (Å²) in [6, 6.07) is 10.2. The zero-order valence-electron chi connectivity index (χ0n) is 15.4. The number of aryl methyl sites for hydroxylation is 1. The highest BCUT2D eigenvalue weighted by Gasteiger charge is 2.30. The van der Waals surface area contributed by atoms with E-state index in [0.717, 1.165) is 11.1 Å². The van der Waals surface area contributed by atoms with Crippen LogP contribution in [0.3, 0.4) is 0 Å². The summed E-state index contributed by atoms with van der Waals surface area (Å²) in [5, 5.41) is 10.0. The SMILES string of the molecule is Cc1ccc(S(=O)(=O)N2CCC(c3ccc(Cl)c(Cl)c3)CC2)cc1CC(=O)O. The van der Waals surface area contributed by atoms with Gasteiger partial charge in [-0.1, -0.05) is 35.3 Å². The number of aliphatic carboxylic acids is 1. The van der Waals surface area contributed by atoms with Crippen molar-refractivity contribution in [1.82, 2.24) is 4.31 Å². The van der Waals surface area contributed by atoms with Crippen LogP contribution in [0, 0.1) is 6.92 Å². The van der Waals surface area contributed by atoms with E-state index in [0.29, 0.717) is 41.5 Å². The minimum atomic E-state index is -3.66. The summed E-state index contributed by atoms with van der Waals surface area (Å²) in [4.78, 5) is 11.2. The fourth-order valence-corrected chi connectivity index (χ4v) is 5.33. The Kier molecular flexibility index (Phi) is 6.34. The lowest BCUT2D eigenvalue weighted by molar-refractivity contribution is -0.136. The second kappa shape index (κ2) is 8.41. The van der Waals surface area contributed by atoms with Gasteiger partial charge in [0, 0.05) is 13.1 Å². The first-order valence-corrected chi connectivity index (χ1v) is 11.1. The second-order valence-electron chi connectivity index (χ2n) is 7.01. The lowest BCUT2D eigenvalue weighted by Gasteiger charge is -2.31. The standard InChI is InChI=1S/C20H21Cl2NO4S/c1-13-2-4-17(10-16(13)12-20(24)25)28(26,27)23-8-6-14(7-9-23)15-3-5-18(21)19(22)11-15/h2-5,10-11,14H,6-9,12H2,1H3,(H,24,25). The van der Waals surface area contributed by atoms with Crippen molar-refractivity contribution in [3.05, 3.63) is 63.1 Å². The summed E-state index contributed by atoms with van der Waals surface area (Å²) in [6.45, 7) is 2.57. The molecule has 0 aromatic heterocycles. The van der Waals surface area contributed by atoms with Crippen molar-refractivity contribution >= 4 is 39.2 Å². The van der Waals surface area contributed by atoms with Gasteiger partial charge in [-0.15, -0.1) is 0 Å². The number of halogens is 2. The Morgan fingerprint density at radius 2 is 1.79 bits per heavy atom. The molecular weight excluding hydrogens is 421 g/mol. The van der Waals surface area contributed by atoms with Crippen molar-refractivity contribution in [2.24, 2.45) is 0 Å². The number of hydrogen-bond acceptors (Lipinski definition) is 3. The molecule has 28 heavy (non-hydrogen) atoms. The zero-order chi connectivity index (χ0) is 20.5. The van der Waals surface area contributed by atoms with Crippen LogP contribution in [-0.2, 0) is 21.2 Å². The third kappa shape index (κ3) is 4.51. The fraction of sp³-hybridized carbons (Fsp3) is 0.350. The molecule has 0 spiro atoms. The highest BCUT2D eigenvalue weighted by Crippen LogP contribution is 2.34. The van der Waals surface area contributed by atoms with Crippen molar-refractivity contribution in [3.63, 3.8) is 0 Å². The van der Waals surface area contributed by atoms with Crippen molar-refractivity contribution < 1.29 is 18.3 Å². The number of nitrogens with zero attached hydrogens (tertiary/aromatic N) is 1. The molecule has 2 aromatic rings. The Morgan fingerprint density at radius 1 is 1.11 bits per heavy atom. The quantitative estimate of drug-likeness (QED) is 0.740. The van der Waals surface area contributed by atoms with Crippen molar-refractivity contribution in [3.8, 4) is 0 Å². The first-order chi connectivity index (χ1) is 13.2. The highest BCUT2D eigenvalue weighted by atomic mass is 35.5. The van der Waals surface area contributed by atoms with Gasteiger partial charge in [0.05, 0.1) is 21.4 Å². The molecule has 150 valence electrons. The van der Waals surface area contributed by atoms with Gasteiger partial charge in [-0.05, 0) is 66.6 Å². The van der Waals surface area contributed by atoms with Gasteiger partial charge in [0.2, 0.25) is 10.0 Å². The summed E-state index contributed by atoms with van der Waals surface area (Å²) >= 11 is 12.1. The van der Waals surface area contributed by atoms with E-state index in [2.05, 4.69) is 0 Å². The average Bonchev–Trinajstić information content (AvgIpc) is 2.65. The van der Waals surface area contributed by atoms with Crippen molar-refractivity contribution in [1.29, 1.82) is 0 Å². The maximum absolute atomic E-state index is 13.0. The Bertz CT molecular complexity index is 999. The molecule has 1 fully saturated rings. The summed E-state index contributed by atoms with van der Waals surface area (Å²) in [5.74, 6) is -0.762. The normalized spacial score (nSPS) is 16.2. The summed E-state index contributed by atoms with van der Waals surface area (Å²) < 4.78 is 27.5. The van der Waals surface area contributed by atoms with Crippen LogP contribution in [0.15, 0.2) is 41.3 Å². The van der Waals surface area contributed by atoms with Gasteiger partial charge in [-0.25, -0.2) is 8.42 Å². The first kappa shape index (κ1) is 21.1. The molecule has 0 aliphatic carbocycles. The van der Waals surface area contributed by atoms with E-state index < -0.39 is 16.0 Å². The van der Waals surface area contributed by atoms with Crippen LogP contribution in [0.5, 0.6) is 0 Å². The molecule has 0 bridgehead atoms. The number of sulfonamides is 1. The predicted octanol–water partition coefficient (Wildman–Crippen LogP) is 4.50. The van der Waals surface area contributed by atoms with Crippen LogP contribution in [0.2, 0.25) is 10.0 Å². The third-order valence-electron chi connectivity index (χ3n) is 5.17. The minimum Gasteiger partial charge on any atom is -0.481 e. The molecular formula is C20H21Cl2NO4S. The van der Waals surface area contributed by atoms with Gasteiger partial charge in [0.1, 0.15) is 0 Å². The third-order valence-corrected chi connectivity index (χ3v) is 7.80. The molecule has 1 aliphatic rings. The molecule has 8 heteroatoms. The molecule has 3 rings (SSSR count). The number of carboxylic acids is 1. The Hall–Kier alpha value is -1.60. The molecule has 0 atom stereocenters. The molecule has 0 radical (unpaired) electrons. The Labute approximate surface area is 174 Å². The van der Waals surface area contributed by atoms with Gasteiger partial charge >= 0.3 is 5.97 Å². The number of carbonyl (C=O) groups is 1. The van der Waals surface area contributed by atoms with Crippen LogP contribution < -0.4 is 0 Å².